The van der Waals surface area contributed by atoms with Crippen molar-refractivity contribution < 1.29 is 4.79 Å². The Balaban J connectivity index is 1.70. The van der Waals surface area contributed by atoms with Crippen molar-refractivity contribution in [2.45, 2.75) is 25.8 Å². The van der Waals surface area contributed by atoms with E-state index in [-0.39, 0.29) is 11.9 Å². The van der Waals surface area contributed by atoms with Gasteiger partial charge in [0.05, 0.1) is 12.6 Å². The molecule has 0 spiro atoms. The number of carbonyl (C=O) groups is 1. The first-order valence-corrected chi connectivity index (χ1v) is 8.80. The topological polar surface area (TPSA) is 23.6 Å². The lowest BCUT2D eigenvalue weighted by Gasteiger charge is -2.29. The van der Waals surface area contributed by atoms with Crippen molar-refractivity contribution >= 4 is 22.9 Å². The van der Waals surface area contributed by atoms with Crippen LogP contribution >= 0.6 is 11.3 Å². The minimum Gasteiger partial charge on any atom is -0.362 e. The van der Waals surface area contributed by atoms with Crippen molar-refractivity contribution in [3.05, 3.63) is 52.7 Å². The average Bonchev–Trinajstić information content (AvgIpc) is 3.23. The second kappa shape index (κ2) is 6.97. The molecule has 1 aromatic carbocycles. The fourth-order valence-electron chi connectivity index (χ4n) is 3.12. The Bertz CT molecular complexity index is 597. The summed E-state index contributed by atoms with van der Waals surface area (Å²) in [6.45, 7) is 4.28. The fraction of sp³-hybridized carbons (Fsp3) is 0.389. The molecule has 0 saturated carbocycles. The zero-order valence-corrected chi connectivity index (χ0v) is 13.8. The van der Waals surface area contributed by atoms with Crippen LogP contribution in [-0.4, -0.2) is 30.4 Å². The summed E-state index contributed by atoms with van der Waals surface area (Å²) in [6.07, 6.45) is 2.19. The summed E-state index contributed by atoms with van der Waals surface area (Å²) < 4.78 is 0. The van der Waals surface area contributed by atoms with Crippen LogP contribution in [-0.2, 0) is 4.79 Å². The van der Waals surface area contributed by atoms with E-state index in [1.807, 2.05) is 18.2 Å². The number of benzene rings is 1. The summed E-state index contributed by atoms with van der Waals surface area (Å²) in [5.74, 6) is 0.238. The molecule has 3 rings (SSSR count). The number of hydrogen-bond acceptors (Lipinski definition) is 3. The van der Waals surface area contributed by atoms with Gasteiger partial charge in [-0.25, -0.2) is 0 Å². The number of amides is 1. The van der Waals surface area contributed by atoms with E-state index >= 15 is 0 Å². The molecule has 1 saturated heterocycles. The van der Waals surface area contributed by atoms with Gasteiger partial charge in [0.1, 0.15) is 0 Å². The van der Waals surface area contributed by atoms with E-state index < -0.39 is 0 Å². The highest BCUT2D eigenvalue weighted by Gasteiger charge is 2.31. The molecule has 0 aliphatic carbocycles. The number of likely N-dealkylation sites (N-methyl/N-ethyl adjacent to an activating group) is 1. The Labute approximate surface area is 136 Å². The number of rotatable bonds is 5. The van der Waals surface area contributed by atoms with E-state index in [0.717, 1.165) is 31.6 Å². The largest absolute Gasteiger partial charge is 0.362 e. The van der Waals surface area contributed by atoms with Crippen LogP contribution in [0.25, 0.3) is 0 Å². The Morgan fingerprint density at radius 2 is 2.09 bits per heavy atom. The van der Waals surface area contributed by atoms with Crippen LogP contribution in [0, 0.1) is 0 Å². The first-order chi connectivity index (χ1) is 10.8. The van der Waals surface area contributed by atoms with Crippen LogP contribution in [0.4, 0.5) is 5.69 Å². The monoisotopic (exact) mass is 314 g/mol. The molecule has 1 atom stereocenters. The van der Waals surface area contributed by atoms with E-state index in [1.165, 1.54) is 4.88 Å². The van der Waals surface area contributed by atoms with E-state index in [9.17, 15) is 4.79 Å². The van der Waals surface area contributed by atoms with Crippen LogP contribution < -0.4 is 4.90 Å². The van der Waals surface area contributed by atoms with Gasteiger partial charge in [-0.3, -0.25) is 4.79 Å². The number of nitrogens with zero attached hydrogens (tertiary/aromatic N) is 2. The van der Waals surface area contributed by atoms with Gasteiger partial charge in [-0.1, -0.05) is 24.3 Å². The molecule has 1 unspecified atom stereocenters. The highest BCUT2D eigenvalue weighted by molar-refractivity contribution is 7.10. The standard InChI is InChI=1S/C18H22N2OS/c1-2-19(15-8-4-3-5-9-15)14-18(21)20-12-6-10-16(20)17-11-7-13-22-17/h3-5,7-9,11,13,16H,2,6,10,12,14H2,1H3. The lowest BCUT2D eigenvalue weighted by Crippen LogP contribution is -2.40. The predicted octanol–water partition coefficient (Wildman–Crippen LogP) is 3.94. The molecular weight excluding hydrogens is 292 g/mol. The maximum absolute atomic E-state index is 12.8. The fourth-order valence-corrected chi connectivity index (χ4v) is 3.99. The van der Waals surface area contributed by atoms with Crippen molar-refractivity contribution in [1.82, 2.24) is 4.90 Å². The zero-order valence-electron chi connectivity index (χ0n) is 12.9. The molecule has 1 aromatic heterocycles. The number of para-hydroxylation sites is 1. The highest BCUT2D eigenvalue weighted by Crippen LogP contribution is 2.34. The Morgan fingerprint density at radius 3 is 2.77 bits per heavy atom. The number of carbonyl (C=O) groups excluding carboxylic acids is 1. The molecular formula is C18H22N2OS. The summed E-state index contributed by atoms with van der Waals surface area (Å²) in [5, 5.41) is 2.10. The van der Waals surface area contributed by atoms with Gasteiger partial charge < -0.3 is 9.80 Å². The minimum atomic E-state index is 0.238. The average molecular weight is 314 g/mol. The lowest BCUT2D eigenvalue weighted by molar-refractivity contribution is -0.130. The summed E-state index contributed by atoms with van der Waals surface area (Å²) in [4.78, 5) is 18.3. The van der Waals surface area contributed by atoms with Gasteiger partial charge in [0.15, 0.2) is 0 Å². The van der Waals surface area contributed by atoms with Crippen LogP contribution in [0.3, 0.4) is 0 Å². The van der Waals surface area contributed by atoms with Crippen LogP contribution in [0.2, 0.25) is 0 Å². The second-order valence-corrected chi connectivity index (χ2v) is 6.59. The van der Waals surface area contributed by atoms with Crippen LogP contribution in [0.1, 0.15) is 30.7 Å². The van der Waals surface area contributed by atoms with E-state index in [4.69, 9.17) is 0 Å². The molecule has 22 heavy (non-hydrogen) atoms. The number of likely N-dealkylation sites (tertiary alicyclic amines) is 1. The molecule has 3 nitrogen and oxygen atoms in total. The Morgan fingerprint density at radius 1 is 1.27 bits per heavy atom. The van der Waals surface area contributed by atoms with Crippen molar-refractivity contribution in [3.63, 3.8) is 0 Å². The molecule has 1 aliphatic rings. The van der Waals surface area contributed by atoms with Gasteiger partial charge in [0.2, 0.25) is 5.91 Å². The molecule has 0 N–H and O–H groups in total. The summed E-state index contributed by atoms with van der Waals surface area (Å²) >= 11 is 1.75. The normalized spacial score (nSPS) is 17.7. The van der Waals surface area contributed by atoms with Crippen molar-refractivity contribution in [2.75, 3.05) is 24.5 Å². The first-order valence-electron chi connectivity index (χ1n) is 7.92. The molecule has 1 aliphatic heterocycles. The summed E-state index contributed by atoms with van der Waals surface area (Å²) in [5.41, 5.74) is 1.12. The third-order valence-corrected chi connectivity index (χ3v) is 5.25. The van der Waals surface area contributed by atoms with Crippen molar-refractivity contribution in [3.8, 4) is 0 Å². The lowest BCUT2D eigenvalue weighted by atomic mass is 10.2. The quantitative estimate of drug-likeness (QED) is 0.834. The molecule has 0 radical (unpaired) electrons. The smallest absolute Gasteiger partial charge is 0.242 e. The molecule has 2 aromatic rings. The number of hydrogen-bond donors (Lipinski definition) is 0. The van der Waals surface area contributed by atoms with Gasteiger partial charge >= 0.3 is 0 Å². The van der Waals surface area contributed by atoms with Crippen LogP contribution in [0.5, 0.6) is 0 Å². The van der Waals surface area contributed by atoms with Crippen molar-refractivity contribution in [2.24, 2.45) is 0 Å². The molecule has 0 bridgehead atoms. The van der Waals surface area contributed by atoms with Crippen molar-refractivity contribution in [1.29, 1.82) is 0 Å². The Hall–Kier alpha value is -1.81. The molecule has 116 valence electrons. The van der Waals surface area contributed by atoms with Gasteiger partial charge in [0.25, 0.3) is 0 Å². The van der Waals surface area contributed by atoms with Gasteiger partial charge in [-0.05, 0) is 43.3 Å². The van der Waals surface area contributed by atoms with Crippen LogP contribution in [0.15, 0.2) is 47.8 Å². The number of thiophene rings is 1. The van der Waals surface area contributed by atoms with E-state index in [2.05, 4.69) is 46.4 Å². The van der Waals surface area contributed by atoms with Gasteiger partial charge in [-0.15, -0.1) is 11.3 Å². The van der Waals surface area contributed by atoms with E-state index in [1.54, 1.807) is 11.3 Å². The molecule has 1 amide bonds. The molecule has 4 heteroatoms. The first kappa shape index (κ1) is 15.1. The van der Waals surface area contributed by atoms with Gasteiger partial charge in [-0.2, -0.15) is 0 Å². The molecule has 2 heterocycles. The second-order valence-electron chi connectivity index (χ2n) is 5.61. The minimum absolute atomic E-state index is 0.238. The number of anilines is 1. The van der Waals surface area contributed by atoms with Gasteiger partial charge in [0, 0.05) is 23.7 Å². The highest BCUT2D eigenvalue weighted by atomic mass is 32.1. The maximum Gasteiger partial charge on any atom is 0.242 e. The molecule has 1 fully saturated rings. The zero-order chi connectivity index (χ0) is 15.4. The summed E-state index contributed by atoms with van der Waals surface area (Å²) in [7, 11) is 0. The predicted molar refractivity (Wildman–Crippen MR) is 92.3 cm³/mol. The van der Waals surface area contributed by atoms with E-state index in [0.29, 0.717) is 6.54 Å². The third-order valence-electron chi connectivity index (χ3n) is 4.27. The third kappa shape index (κ3) is 3.17. The Kier molecular flexibility index (Phi) is 4.78. The SMILES string of the molecule is CCN(CC(=O)N1CCCC1c1cccs1)c1ccccc1. The summed E-state index contributed by atoms with van der Waals surface area (Å²) in [6, 6.07) is 14.7. The maximum atomic E-state index is 12.8.